The second-order valence-corrected chi connectivity index (χ2v) is 7.56. The van der Waals surface area contributed by atoms with Gasteiger partial charge in [-0.1, -0.05) is 60.7 Å². The van der Waals surface area contributed by atoms with Gasteiger partial charge >= 0.3 is 0 Å². The number of rotatable bonds is 6. The Morgan fingerprint density at radius 2 is 1.58 bits per heavy atom. The van der Waals surface area contributed by atoms with Crippen molar-refractivity contribution in [2.24, 2.45) is 0 Å². The Labute approximate surface area is 151 Å². The van der Waals surface area contributed by atoms with Gasteiger partial charge < -0.3 is 0 Å². The minimum atomic E-state index is -3.95. The van der Waals surface area contributed by atoms with Gasteiger partial charge in [0.15, 0.2) is 0 Å². The van der Waals surface area contributed by atoms with E-state index < -0.39 is 22.0 Å². The molecule has 0 heterocycles. The zero-order chi connectivity index (χ0) is 18.6. The van der Waals surface area contributed by atoms with E-state index in [2.05, 4.69) is 4.72 Å². The fourth-order valence-electron chi connectivity index (χ4n) is 2.71. The standard InChI is InChI=1S/C19H18N2O4S/c22-19(20-23)18(12-14-6-2-1-3-7-14)21-26(24,25)17-11-10-15-8-4-5-9-16(15)13-17/h1-11,13,18,21,23H,12H2,(H,20,22). The van der Waals surface area contributed by atoms with Crippen LogP contribution in [0.3, 0.4) is 0 Å². The van der Waals surface area contributed by atoms with Gasteiger partial charge in [0.05, 0.1) is 4.90 Å². The molecule has 3 aromatic carbocycles. The summed E-state index contributed by atoms with van der Waals surface area (Å²) in [4.78, 5) is 12.0. The zero-order valence-corrected chi connectivity index (χ0v) is 14.6. The summed E-state index contributed by atoms with van der Waals surface area (Å²) >= 11 is 0. The van der Waals surface area contributed by atoms with Crippen LogP contribution >= 0.6 is 0 Å². The molecule has 0 radical (unpaired) electrons. The number of carbonyl (C=O) groups is 1. The average molecular weight is 370 g/mol. The first-order valence-corrected chi connectivity index (χ1v) is 9.47. The molecule has 0 aliphatic carbocycles. The van der Waals surface area contributed by atoms with Gasteiger partial charge in [-0.15, -0.1) is 0 Å². The van der Waals surface area contributed by atoms with Crippen LogP contribution in [0.15, 0.2) is 77.7 Å². The second-order valence-electron chi connectivity index (χ2n) is 5.85. The Morgan fingerprint density at radius 1 is 0.923 bits per heavy atom. The van der Waals surface area contributed by atoms with E-state index in [1.54, 1.807) is 36.4 Å². The average Bonchev–Trinajstić information content (AvgIpc) is 2.67. The molecule has 0 aliphatic heterocycles. The summed E-state index contributed by atoms with van der Waals surface area (Å²) in [5.41, 5.74) is 2.29. The molecule has 134 valence electrons. The van der Waals surface area contributed by atoms with Gasteiger partial charge in [-0.25, -0.2) is 13.9 Å². The minimum absolute atomic E-state index is 0.0556. The van der Waals surface area contributed by atoms with Gasteiger partial charge in [0, 0.05) is 0 Å². The molecule has 0 aromatic heterocycles. The maximum absolute atomic E-state index is 12.7. The topological polar surface area (TPSA) is 95.5 Å². The molecule has 26 heavy (non-hydrogen) atoms. The lowest BCUT2D eigenvalue weighted by Gasteiger charge is -2.17. The summed E-state index contributed by atoms with van der Waals surface area (Å²) in [6.45, 7) is 0. The fraction of sp³-hybridized carbons (Fsp3) is 0.105. The van der Waals surface area contributed by atoms with Crippen LogP contribution in [0.2, 0.25) is 0 Å². The van der Waals surface area contributed by atoms with Crippen LogP contribution in [0, 0.1) is 0 Å². The number of fused-ring (bicyclic) bond motifs is 1. The number of amides is 1. The normalized spacial score (nSPS) is 12.7. The molecule has 1 unspecified atom stereocenters. The van der Waals surface area contributed by atoms with Crippen LogP contribution in [0.1, 0.15) is 5.56 Å². The molecule has 0 bridgehead atoms. The summed E-state index contributed by atoms with van der Waals surface area (Å²) in [5.74, 6) is -0.821. The highest BCUT2D eigenvalue weighted by molar-refractivity contribution is 7.89. The van der Waals surface area contributed by atoms with Crippen LogP contribution in [0.4, 0.5) is 0 Å². The Bertz CT molecular complexity index is 1020. The van der Waals surface area contributed by atoms with Crippen LogP contribution in [0.25, 0.3) is 10.8 Å². The van der Waals surface area contributed by atoms with E-state index in [1.165, 1.54) is 11.5 Å². The van der Waals surface area contributed by atoms with Gasteiger partial charge in [0.1, 0.15) is 6.04 Å². The van der Waals surface area contributed by atoms with Crippen molar-refractivity contribution in [3.8, 4) is 0 Å². The van der Waals surface area contributed by atoms with E-state index in [1.807, 2.05) is 30.3 Å². The van der Waals surface area contributed by atoms with Gasteiger partial charge in [-0.2, -0.15) is 4.72 Å². The largest absolute Gasteiger partial charge is 0.289 e. The molecule has 7 heteroatoms. The van der Waals surface area contributed by atoms with Crippen molar-refractivity contribution in [3.05, 3.63) is 78.4 Å². The second kappa shape index (κ2) is 7.65. The van der Waals surface area contributed by atoms with Crippen LogP contribution in [-0.2, 0) is 21.2 Å². The van der Waals surface area contributed by atoms with Gasteiger partial charge in [0.25, 0.3) is 5.91 Å². The fourth-order valence-corrected chi connectivity index (χ4v) is 3.94. The van der Waals surface area contributed by atoms with Gasteiger partial charge in [-0.3, -0.25) is 10.0 Å². The molecular formula is C19H18N2O4S. The predicted octanol–water partition coefficient (Wildman–Crippen LogP) is 2.23. The SMILES string of the molecule is O=C(NO)C(Cc1ccccc1)NS(=O)(=O)c1ccc2ccccc2c1. The van der Waals surface area contributed by atoms with Gasteiger partial charge in [-0.05, 0) is 34.9 Å². The van der Waals surface area contributed by atoms with Crippen LogP contribution < -0.4 is 10.2 Å². The minimum Gasteiger partial charge on any atom is -0.289 e. The number of carbonyl (C=O) groups excluding carboxylic acids is 1. The summed E-state index contributed by atoms with van der Waals surface area (Å²) in [5, 5.41) is 10.7. The Morgan fingerprint density at radius 3 is 2.27 bits per heavy atom. The number of benzene rings is 3. The highest BCUT2D eigenvalue weighted by atomic mass is 32.2. The van der Waals surface area contributed by atoms with Crippen molar-refractivity contribution in [1.82, 2.24) is 10.2 Å². The quantitative estimate of drug-likeness (QED) is 0.458. The van der Waals surface area contributed by atoms with E-state index in [4.69, 9.17) is 5.21 Å². The first-order chi connectivity index (χ1) is 12.5. The third-order valence-electron chi connectivity index (χ3n) is 4.04. The van der Waals surface area contributed by atoms with Crippen molar-refractivity contribution in [1.29, 1.82) is 0 Å². The summed E-state index contributed by atoms with van der Waals surface area (Å²) in [6.07, 6.45) is 0.111. The predicted molar refractivity (Wildman–Crippen MR) is 98.1 cm³/mol. The Hall–Kier alpha value is -2.74. The third kappa shape index (κ3) is 4.08. The molecule has 0 spiro atoms. The van der Waals surface area contributed by atoms with Crippen molar-refractivity contribution in [2.45, 2.75) is 17.4 Å². The zero-order valence-electron chi connectivity index (χ0n) is 13.8. The summed E-state index contributed by atoms with van der Waals surface area (Å²) < 4.78 is 27.8. The van der Waals surface area contributed by atoms with E-state index in [0.29, 0.717) is 0 Å². The third-order valence-corrected chi connectivity index (χ3v) is 5.51. The lowest BCUT2D eigenvalue weighted by atomic mass is 10.1. The lowest BCUT2D eigenvalue weighted by molar-refractivity contribution is -0.130. The molecule has 0 saturated carbocycles. The molecule has 1 atom stereocenters. The molecule has 3 rings (SSSR count). The van der Waals surface area contributed by atoms with Gasteiger partial charge in [0.2, 0.25) is 10.0 Å². The molecular weight excluding hydrogens is 352 g/mol. The smallest absolute Gasteiger partial charge is 0.261 e. The van der Waals surface area contributed by atoms with E-state index in [9.17, 15) is 13.2 Å². The summed E-state index contributed by atoms with van der Waals surface area (Å²) in [7, 11) is -3.95. The highest BCUT2D eigenvalue weighted by Crippen LogP contribution is 2.19. The van der Waals surface area contributed by atoms with E-state index >= 15 is 0 Å². The van der Waals surface area contributed by atoms with Crippen molar-refractivity contribution < 1.29 is 18.4 Å². The molecule has 3 N–H and O–H groups in total. The van der Waals surface area contributed by atoms with E-state index in [0.717, 1.165) is 16.3 Å². The molecule has 1 amide bonds. The number of sulfonamides is 1. The highest BCUT2D eigenvalue weighted by Gasteiger charge is 2.26. The molecule has 3 aromatic rings. The Balaban J connectivity index is 1.89. The molecule has 0 aliphatic rings. The van der Waals surface area contributed by atoms with Crippen LogP contribution in [-0.4, -0.2) is 25.6 Å². The van der Waals surface area contributed by atoms with Crippen molar-refractivity contribution >= 4 is 26.7 Å². The summed E-state index contributed by atoms with van der Waals surface area (Å²) in [6, 6.07) is 20.0. The molecule has 0 fully saturated rings. The maximum atomic E-state index is 12.7. The number of hydroxylamine groups is 1. The van der Waals surface area contributed by atoms with Crippen molar-refractivity contribution in [3.63, 3.8) is 0 Å². The number of hydrogen-bond donors (Lipinski definition) is 3. The molecule has 6 nitrogen and oxygen atoms in total. The Kier molecular flexibility index (Phi) is 5.32. The van der Waals surface area contributed by atoms with Crippen LogP contribution in [0.5, 0.6) is 0 Å². The first kappa shape index (κ1) is 18.1. The maximum Gasteiger partial charge on any atom is 0.261 e. The molecule has 0 saturated heterocycles. The lowest BCUT2D eigenvalue weighted by Crippen LogP contribution is -2.47. The first-order valence-electron chi connectivity index (χ1n) is 7.98. The monoisotopic (exact) mass is 370 g/mol. The van der Waals surface area contributed by atoms with Crippen molar-refractivity contribution in [2.75, 3.05) is 0 Å². The number of hydrogen-bond acceptors (Lipinski definition) is 4. The van der Waals surface area contributed by atoms with E-state index in [-0.39, 0.29) is 11.3 Å². The number of nitrogens with one attached hydrogen (secondary N) is 2.